The van der Waals surface area contributed by atoms with Crippen molar-refractivity contribution >= 4 is 56.3 Å². The van der Waals surface area contributed by atoms with Crippen molar-refractivity contribution in [2.75, 3.05) is 53.7 Å². The normalized spacial score (nSPS) is 17.6. The summed E-state index contributed by atoms with van der Waals surface area (Å²) in [6.45, 7) is 23.0. The number of fused-ring (bicyclic) bond motifs is 8. The van der Waals surface area contributed by atoms with E-state index in [4.69, 9.17) is 57.2 Å². The first-order chi connectivity index (χ1) is 42.0. The van der Waals surface area contributed by atoms with Gasteiger partial charge < -0.3 is 67.7 Å². The number of ether oxygens (including phenoxy) is 7. The molecular weight excluding hydrogens is 1130 g/mol. The van der Waals surface area contributed by atoms with Crippen LogP contribution in [0.3, 0.4) is 0 Å². The number of nitrogens with one attached hydrogen (secondary N) is 4. The molecule has 4 atom stereocenters. The fourth-order valence-electron chi connectivity index (χ4n) is 12.7. The molecule has 2 saturated heterocycles. The Morgan fingerprint density at radius 1 is 0.562 bits per heavy atom. The Balaban J connectivity index is 0.000000173. The van der Waals surface area contributed by atoms with Crippen molar-refractivity contribution in [1.29, 1.82) is 0 Å². The van der Waals surface area contributed by atoms with Crippen molar-refractivity contribution in [2.45, 2.75) is 128 Å². The van der Waals surface area contributed by atoms with E-state index in [0.717, 1.165) is 83.9 Å². The number of methoxy groups -OCH3 is 2. The first-order valence-electron chi connectivity index (χ1n) is 29.4. The molecule has 0 saturated carbocycles. The second-order valence-electron chi connectivity index (χ2n) is 22.8. The van der Waals surface area contributed by atoms with Gasteiger partial charge in [0.1, 0.15) is 72.4 Å². The molecule has 10 aromatic rings. The lowest BCUT2D eigenvalue weighted by Crippen LogP contribution is -2.55. The Kier molecular flexibility index (Phi) is 18.2. The van der Waals surface area contributed by atoms with Gasteiger partial charge in [-0.25, -0.2) is 19.9 Å². The monoisotopic (exact) mass is 1210 g/mol. The van der Waals surface area contributed by atoms with E-state index < -0.39 is 0 Å². The van der Waals surface area contributed by atoms with Crippen LogP contribution in [0.1, 0.15) is 107 Å². The van der Waals surface area contributed by atoms with Gasteiger partial charge in [0.2, 0.25) is 5.75 Å². The second kappa shape index (κ2) is 25.8. The minimum Gasteiger partial charge on any atom is -0.496 e. The number of piperidine rings is 1. The minimum absolute atomic E-state index is 0. The Hall–Kier alpha value is -9.28. The maximum atomic E-state index is 13.8. The van der Waals surface area contributed by atoms with Crippen molar-refractivity contribution in [3.8, 4) is 85.0 Å². The topological polar surface area (TPSA) is 261 Å². The number of nitrogens with zero attached hydrogens (tertiary/aromatic N) is 7. The molecule has 14 rings (SSSR count). The van der Waals surface area contributed by atoms with Gasteiger partial charge in [-0.1, -0.05) is 31.6 Å². The molecule has 0 bridgehead atoms. The average molecular weight is 1210 g/mol. The quantitative estimate of drug-likeness (QED) is 0.0979. The number of carbonyl (C=O) groups is 2. The SMILES string of the molecule is C.C.COc1cc2c(cc1-c1c(C)noc1C)[nH]c1nc(C)nc(-c3ccc(C(=O)N4C[C@@H](C)N[C@@H](C)C4)c4c3OCCO4)c12.COc1cc2c(cc1-c1c(C)noc1C)[nH]c1nc(C)nc(-c3ccc(OC=O)c4c3OCCO4)c12.C[C@@H]1CCC[C@H](C)N1. The van der Waals surface area contributed by atoms with E-state index in [1.54, 1.807) is 20.3 Å². The largest absolute Gasteiger partial charge is 0.496 e. The predicted molar refractivity (Wildman–Crippen MR) is 342 cm³/mol. The molecule has 0 radical (unpaired) electrons. The van der Waals surface area contributed by atoms with E-state index in [1.165, 1.54) is 19.3 Å². The number of benzene rings is 4. The first kappa shape index (κ1) is 62.8. The lowest BCUT2D eigenvalue weighted by atomic mass is 9.98. The summed E-state index contributed by atoms with van der Waals surface area (Å²) >= 11 is 0. The molecule has 0 aliphatic carbocycles. The highest BCUT2D eigenvalue weighted by atomic mass is 16.6. The summed E-state index contributed by atoms with van der Waals surface area (Å²) in [6.07, 6.45) is 4.14. The third kappa shape index (κ3) is 11.9. The summed E-state index contributed by atoms with van der Waals surface area (Å²) < 4.78 is 51.7. The van der Waals surface area contributed by atoms with Gasteiger partial charge >= 0.3 is 0 Å². The molecule has 10 heterocycles. The van der Waals surface area contributed by atoms with Gasteiger partial charge in [-0.05, 0) is 131 Å². The minimum atomic E-state index is -0.0683. The summed E-state index contributed by atoms with van der Waals surface area (Å²) in [5.74, 6) is 5.97. The summed E-state index contributed by atoms with van der Waals surface area (Å²) in [4.78, 5) is 52.7. The van der Waals surface area contributed by atoms with Crippen LogP contribution in [0.15, 0.2) is 57.6 Å². The third-order valence-electron chi connectivity index (χ3n) is 16.3. The number of carbonyl (C=O) groups excluding carboxylic acids is 2. The Morgan fingerprint density at radius 3 is 1.45 bits per heavy atom. The maximum absolute atomic E-state index is 13.8. The van der Waals surface area contributed by atoms with Crippen molar-refractivity contribution in [2.24, 2.45) is 0 Å². The third-order valence-corrected chi connectivity index (χ3v) is 16.3. The molecule has 2 fully saturated rings. The van der Waals surface area contributed by atoms with Crippen LogP contribution in [-0.4, -0.2) is 135 Å². The van der Waals surface area contributed by atoms with Gasteiger partial charge in [0.25, 0.3) is 12.4 Å². The number of hydrogen-bond acceptors (Lipinski definition) is 19. The number of hydrogen-bond donors (Lipinski definition) is 4. The molecule has 0 unspecified atom stereocenters. The molecule has 4 N–H and O–H groups in total. The fourth-order valence-corrected chi connectivity index (χ4v) is 12.7. The van der Waals surface area contributed by atoms with Crippen LogP contribution in [-0.2, 0) is 4.79 Å². The molecule has 22 nitrogen and oxygen atoms in total. The van der Waals surface area contributed by atoms with Gasteiger partial charge in [-0.2, -0.15) is 0 Å². The Labute approximate surface area is 516 Å². The number of piperazine rings is 1. The zero-order chi connectivity index (χ0) is 60.9. The van der Waals surface area contributed by atoms with Gasteiger partial charge in [0.05, 0.1) is 64.5 Å². The zero-order valence-corrected chi connectivity index (χ0v) is 51.0. The van der Waals surface area contributed by atoms with Gasteiger partial charge in [0, 0.05) is 81.3 Å². The zero-order valence-electron chi connectivity index (χ0n) is 51.0. The second-order valence-corrected chi connectivity index (χ2v) is 22.8. The van der Waals surface area contributed by atoms with Crippen molar-refractivity contribution in [1.82, 2.24) is 55.8 Å². The highest BCUT2D eigenvalue weighted by Gasteiger charge is 2.33. The van der Waals surface area contributed by atoms with Crippen molar-refractivity contribution in [3.05, 3.63) is 88.7 Å². The number of aryl methyl sites for hydroxylation is 6. The fraction of sp³-hybridized carbons (Fsp3) is 0.403. The number of aromatic amines is 2. The highest BCUT2D eigenvalue weighted by molar-refractivity contribution is 6.16. The van der Waals surface area contributed by atoms with Crippen LogP contribution in [0.5, 0.6) is 40.2 Å². The molecule has 89 heavy (non-hydrogen) atoms. The lowest BCUT2D eigenvalue weighted by molar-refractivity contribution is -0.120. The van der Waals surface area contributed by atoms with Crippen LogP contribution < -0.4 is 43.8 Å². The standard InChI is InChI=1S/C32H34N6O5.C26H22N4O6.C7H15N.2CH4/c1-15-13-38(14-16(2)33-15)32(39)21-8-7-20(29-30(21)42-10-9-41-29)28-27-22-12-25(40-6)23(26-17(3)37-43-18(26)4)11-24(22)36-31(27)35-19(5)34-28;1-12-21(13(2)36-30-12)17-9-18-16(10-20(17)32-4)22-23(27-14(3)28-26(22)29-18)15-5-6-19(35-11-31)25-24(15)33-7-8-34-25;1-6-4-3-5-7(2)8-6;;/h7-8,11-12,15-16,33H,9-10,13-14H2,1-6H3,(H,34,35,36);5-6,9-11H,7-8H2,1-4H3,(H,27,28,29);6-8H,3-5H2,1-2H3;2*1H4/t15-,16+;;6-,7+;;. The van der Waals surface area contributed by atoms with E-state index in [-0.39, 0.29) is 38.6 Å². The maximum Gasteiger partial charge on any atom is 0.298 e. The lowest BCUT2D eigenvalue weighted by Gasteiger charge is -2.36. The number of H-pyrrole nitrogens is 2. The van der Waals surface area contributed by atoms with Crippen LogP contribution in [0.4, 0.5) is 0 Å². The summed E-state index contributed by atoms with van der Waals surface area (Å²) in [7, 11) is 3.28. The number of rotatable bonds is 9. The average Bonchev–Trinajstić information content (AvgIpc) is 1.70. The molecule has 4 aromatic carbocycles. The van der Waals surface area contributed by atoms with E-state index >= 15 is 0 Å². The molecule has 1 amide bonds. The predicted octanol–water partition coefficient (Wildman–Crippen LogP) is 12.4. The highest BCUT2D eigenvalue weighted by Crippen LogP contribution is 2.50. The van der Waals surface area contributed by atoms with E-state index in [0.29, 0.717) is 137 Å². The molecule has 22 heteroatoms. The molecule has 6 aromatic heterocycles. The molecule has 4 aliphatic rings. The summed E-state index contributed by atoms with van der Waals surface area (Å²) in [5.41, 5.74) is 11.4. The molecular formula is C67H79N11O11. The van der Waals surface area contributed by atoms with Crippen LogP contribution in [0.2, 0.25) is 0 Å². The Morgan fingerprint density at radius 2 is 1.01 bits per heavy atom. The summed E-state index contributed by atoms with van der Waals surface area (Å²) in [6, 6.07) is 17.2. The Bertz CT molecular complexity index is 4240. The van der Waals surface area contributed by atoms with Crippen LogP contribution in [0.25, 0.3) is 88.6 Å². The molecule has 4 aliphatic heterocycles. The summed E-state index contributed by atoms with van der Waals surface area (Å²) in [5, 5.41) is 18.6. The van der Waals surface area contributed by atoms with E-state index in [9.17, 15) is 9.59 Å². The smallest absolute Gasteiger partial charge is 0.298 e. The number of aromatic nitrogens is 8. The molecule has 468 valence electrons. The van der Waals surface area contributed by atoms with Crippen LogP contribution in [0, 0.1) is 41.5 Å². The van der Waals surface area contributed by atoms with Gasteiger partial charge in [0.15, 0.2) is 23.0 Å². The van der Waals surface area contributed by atoms with E-state index in [1.807, 2.05) is 88.9 Å². The van der Waals surface area contributed by atoms with Crippen molar-refractivity contribution < 1.29 is 51.8 Å². The van der Waals surface area contributed by atoms with Gasteiger partial charge in [-0.15, -0.1) is 0 Å². The first-order valence-corrected chi connectivity index (χ1v) is 29.4. The molecule has 0 spiro atoms. The number of amides is 1. The van der Waals surface area contributed by atoms with Gasteiger partial charge in [-0.3, -0.25) is 9.59 Å². The van der Waals surface area contributed by atoms with E-state index in [2.05, 4.69) is 63.6 Å². The van der Waals surface area contributed by atoms with Crippen molar-refractivity contribution in [3.63, 3.8) is 0 Å². The van der Waals surface area contributed by atoms with Crippen LogP contribution >= 0.6 is 0 Å².